The summed E-state index contributed by atoms with van der Waals surface area (Å²) < 4.78 is 5.84. The Balaban J connectivity index is 1.74. The minimum atomic E-state index is -0.203. The van der Waals surface area contributed by atoms with Gasteiger partial charge in [-0.25, -0.2) is 4.79 Å². The van der Waals surface area contributed by atoms with E-state index in [0.717, 1.165) is 12.8 Å². The summed E-state index contributed by atoms with van der Waals surface area (Å²) in [6.45, 7) is 0.661. The Hall–Kier alpha value is -2.53. The lowest BCUT2D eigenvalue weighted by Crippen LogP contribution is -2.40. The molecule has 120 valence electrons. The fraction of sp³-hybridized carbons (Fsp3) is 0.278. The first-order valence-electron chi connectivity index (χ1n) is 7.78. The van der Waals surface area contributed by atoms with Crippen LogP contribution in [0, 0.1) is 0 Å². The number of nitrogens with zero attached hydrogens (tertiary/aromatic N) is 1. The molecule has 0 saturated carbocycles. The Labute approximate surface area is 135 Å². The minimum Gasteiger partial charge on any atom is -0.455 e. The third-order valence-corrected chi connectivity index (χ3v) is 3.95. The number of urea groups is 1. The maximum atomic E-state index is 12.4. The van der Waals surface area contributed by atoms with Crippen LogP contribution in [0.15, 0.2) is 54.6 Å². The maximum absolute atomic E-state index is 12.4. The Bertz CT molecular complexity index is 660. The lowest BCUT2D eigenvalue weighted by Gasteiger charge is -2.24. The fourth-order valence-electron chi connectivity index (χ4n) is 2.75. The molecule has 2 aromatic carbocycles. The van der Waals surface area contributed by atoms with Gasteiger partial charge in [0.2, 0.25) is 0 Å². The SMILES string of the molecule is O=C(Nc1ccccc1Oc1ccccc1)N1CCC[C@@H]1CO. The molecule has 2 amide bonds. The number of carbonyl (C=O) groups excluding carboxylic acids is 1. The molecule has 5 heteroatoms. The van der Waals surface area contributed by atoms with Gasteiger partial charge in [0.25, 0.3) is 0 Å². The van der Waals surface area contributed by atoms with E-state index in [0.29, 0.717) is 23.7 Å². The van der Waals surface area contributed by atoms with Gasteiger partial charge in [0.05, 0.1) is 18.3 Å². The zero-order valence-electron chi connectivity index (χ0n) is 12.8. The standard InChI is InChI=1S/C18H20N2O3/c21-13-14-7-6-12-20(14)18(22)19-16-10-4-5-11-17(16)23-15-8-2-1-3-9-15/h1-5,8-11,14,21H,6-7,12-13H2,(H,19,22)/t14-/m1/s1. The number of carbonyl (C=O) groups is 1. The quantitative estimate of drug-likeness (QED) is 0.908. The van der Waals surface area contributed by atoms with Crippen LogP contribution in [0.25, 0.3) is 0 Å². The molecule has 1 saturated heterocycles. The molecule has 3 rings (SSSR count). The number of rotatable bonds is 4. The summed E-state index contributed by atoms with van der Waals surface area (Å²) in [5.41, 5.74) is 0.616. The number of para-hydroxylation sites is 3. The van der Waals surface area contributed by atoms with Crippen molar-refractivity contribution in [1.29, 1.82) is 0 Å². The highest BCUT2D eigenvalue weighted by Crippen LogP contribution is 2.30. The van der Waals surface area contributed by atoms with Gasteiger partial charge in [-0.2, -0.15) is 0 Å². The topological polar surface area (TPSA) is 61.8 Å². The average molecular weight is 312 g/mol. The Morgan fingerprint density at radius 1 is 1.17 bits per heavy atom. The Kier molecular flexibility index (Phi) is 4.78. The molecular weight excluding hydrogens is 292 g/mol. The van der Waals surface area contributed by atoms with E-state index >= 15 is 0 Å². The van der Waals surface area contributed by atoms with Crippen molar-refractivity contribution < 1.29 is 14.6 Å². The molecule has 2 aromatic rings. The summed E-state index contributed by atoms with van der Waals surface area (Å²) in [6.07, 6.45) is 1.76. The zero-order valence-corrected chi connectivity index (χ0v) is 12.8. The Morgan fingerprint density at radius 2 is 1.91 bits per heavy atom. The van der Waals surface area contributed by atoms with E-state index in [1.807, 2.05) is 48.5 Å². The maximum Gasteiger partial charge on any atom is 0.322 e. The van der Waals surface area contributed by atoms with Crippen molar-refractivity contribution in [2.75, 3.05) is 18.5 Å². The number of ether oxygens (including phenoxy) is 1. The van der Waals surface area contributed by atoms with E-state index in [9.17, 15) is 9.90 Å². The first-order valence-corrected chi connectivity index (χ1v) is 7.78. The number of hydrogen-bond acceptors (Lipinski definition) is 3. The van der Waals surface area contributed by atoms with Crippen molar-refractivity contribution in [3.05, 3.63) is 54.6 Å². The van der Waals surface area contributed by atoms with Crippen molar-refractivity contribution in [3.8, 4) is 11.5 Å². The third kappa shape index (κ3) is 3.63. The van der Waals surface area contributed by atoms with E-state index in [4.69, 9.17) is 4.74 Å². The van der Waals surface area contributed by atoms with Gasteiger partial charge in [0, 0.05) is 6.54 Å². The van der Waals surface area contributed by atoms with Crippen LogP contribution in [-0.2, 0) is 0 Å². The molecule has 0 radical (unpaired) electrons. The predicted molar refractivity (Wildman–Crippen MR) is 88.8 cm³/mol. The number of nitrogens with one attached hydrogen (secondary N) is 1. The smallest absolute Gasteiger partial charge is 0.322 e. The van der Waals surface area contributed by atoms with Crippen molar-refractivity contribution in [2.45, 2.75) is 18.9 Å². The van der Waals surface area contributed by atoms with Gasteiger partial charge in [0.1, 0.15) is 5.75 Å². The molecular formula is C18H20N2O3. The lowest BCUT2D eigenvalue weighted by atomic mass is 10.2. The summed E-state index contributed by atoms with van der Waals surface area (Å²) in [4.78, 5) is 14.1. The van der Waals surface area contributed by atoms with Crippen LogP contribution in [0.5, 0.6) is 11.5 Å². The van der Waals surface area contributed by atoms with E-state index in [1.54, 1.807) is 11.0 Å². The second-order valence-electron chi connectivity index (χ2n) is 5.51. The normalized spacial score (nSPS) is 17.1. The molecule has 0 bridgehead atoms. The second-order valence-corrected chi connectivity index (χ2v) is 5.51. The highest BCUT2D eigenvalue weighted by molar-refractivity contribution is 5.91. The summed E-state index contributed by atoms with van der Waals surface area (Å²) in [5.74, 6) is 1.30. The van der Waals surface area contributed by atoms with Crippen LogP contribution in [0.4, 0.5) is 10.5 Å². The summed E-state index contributed by atoms with van der Waals surface area (Å²) in [5, 5.41) is 12.2. The molecule has 1 atom stereocenters. The van der Waals surface area contributed by atoms with Crippen LogP contribution >= 0.6 is 0 Å². The number of aliphatic hydroxyl groups excluding tert-OH is 1. The Morgan fingerprint density at radius 3 is 2.70 bits per heavy atom. The molecule has 0 spiro atoms. The molecule has 1 aliphatic rings. The molecule has 0 aliphatic carbocycles. The van der Waals surface area contributed by atoms with Crippen molar-refractivity contribution >= 4 is 11.7 Å². The minimum absolute atomic E-state index is 0.00438. The van der Waals surface area contributed by atoms with Gasteiger partial charge in [0.15, 0.2) is 5.75 Å². The highest BCUT2D eigenvalue weighted by Gasteiger charge is 2.28. The van der Waals surface area contributed by atoms with E-state index < -0.39 is 0 Å². The van der Waals surface area contributed by atoms with E-state index in [-0.39, 0.29) is 18.7 Å². The molecule has 0 unspecified atom stereocenters. The number of benzene rings is 2. The monoisotopic (exact) mass is 312 g/mol. The van der Waals surface area contributed by atoms with Crippen LogP contribution in [0.2, 0.25) is 0 Å². The number of likely N-dealkylation sites (tertiary alicyclic amines) is 1. The number of amides is 2. The van der Waals surface area contributed by atoms with E-state index in [2.05, 4.69) is 5.32 Å². The van der Waals surface area contributed by atoms with Gasteiger partial charge in [-0.3, -0.25) is 0 Å². The number of aliphatic hydroxyl groups is 1. The highest BCUT2D eigenvalue weighted by atomic mass is 16.5. The van der Waals surface area contributed by atoms with Crippen molar-refractivity contribution in [1.82, 2.24) is 4.90 Å². The number of anilines is 1. The van der Waals surface area contributed by atoms with Crippen LogP contribution in [0.3, 0.4) is 0 Å². The predicted octanol–water partition coefficient (Wildman–Crippen LogP) is 3.47. The molecule has 1 aliphatic heterocycles. The van der Waals surface area contributed by atoms with Crippen LogP contribution in [-0.4, -0.2) is 35.2 Å². The second kappa shape index (κ2) is 7.15. The van der Waals surface area contributed by atoms with Gasteiger partial charge in [-0.05, 0) is 37.1 Å². The van der Waals surface area contributed by atoms with Gasteiger partial charge in [-0.1, -0.05) is 30.3 Å². The molecule has 1 fully saturated rings. The van der Waals surface area contributed by atoms with Crippen LogP contribution in [0.1, 0.15) is 12.8 Å². The van der Waals surface area contributed by atoms with Crippen molar-refractivity contribution in [3.63, 3.8) is 0 Å². The summed E-state index contributed by atoms with van der Waals surface area (Å²) in [6, 6.07) is 16.5. The molecule has 1 heterocycles. The van der Waals surface area contributed by atoms with Crippen LogP contribution < -0.4 is 10.1 Å². The fourth-order valence-corrected chi connectivity index (χ4v) is 2.75. The summed E-state index contributed by atoms with van der Waals surface area (Å²) in [7, 11) is 0. The van der Waals surface area contributed by atoms with Crippen molar-refractivity contribution in [2.24, 2.45) is 0 Å². The molecule has 5 nitrogen and oxygen atoms in total. The zero-order chi connectivity index (χ0) is 16.1. The molecule has 0 aromatic heterocycles. The lowest BCUT2D eigenvalue weighted by molar-refractivity contribution is 0.166. The average Bonchev–Trinajstić information content (AvgIpc) is 3.06. The molecule has 2 N–H and O–H groups in total. The first kappa shape index (κ1) is 15.4. The molecule has 23 heavy (non-hydrogen) atoms. The van der Waals surface area contributed by atoms with Gasteiger partial charge < -0.3 is 20.1 Å². The summed E-state index contributed by atoms with van der Waals surface area (Å²) >= 11 is 0. The first-order chi connectivity index (χ1) is 11.3. The number of hydrogen-bond donors (Lipinski definition) is 2. The van der Waals surface area contributed by atoms with E-state index in [1.165, 1.54) is 0 Å². The van der Waals surface area contributed by atoms with Gasteiger partial charge >= 0.3 is 6.03 Å². The third-order valence-electron chi connectivity index (χ3n) is 3.95. The largest absolute Gasteiger partial charge is 0.455 e. The van der Waals surface area contributed by atoms with Gasteiger partial charge in [-0.15, -0.1) is 0 Å².